The zero-order chi connectivity index (χ0) is 22.5. The third kappa shape index (κ3) is 4.01. The molecule has 3 heterocycles. The number of carboxylic acids is 1. The number of hydrogen-bond acceptors (Lipinski definition) is 7. The van der Waals surface area contributed by atoms with Gasteiger partial charge < -0.3 is 25.1 Å². The lowest BCUT2D eigenvalue weighted by Gasteiger charge is -2.46. The highest BCUT2D eigenvalue weighted by molar-refractivity contribution is 8.03. The van der Waals surface area contributed by atoms with Crippen molar-refractivity contribution in [1.82, 2.24) is 14.5 Å². The molecule has 3 aliphatic heterocycles. The molecule has 2 fully saturated rings. The standard InChI is InChI=1S/C16H24N4O8S2/c1-6-11-10(7(2)21)14(22)20(11)12(15(23)24)13(6)29-9-3-8(4-18-30(17,27)28)19(5-9)16(25)26/h6-11,18,21H,3-5H2,1-2H3,(H,23,24)(H,25,26)(H2,17,27,28)/t6-,7?,8+,9?,10-,11?/m1/s1. The molecule has 0 spiro atoms. The maximum Gasteiger partial charge on any atom is 0.407 e. The predicted molar refractivity (Wildman–Crippen MR) is 105 cm³/mol. The molecule has 6 atom stereocenters. The number of carbonyl (C=O) groups excluding carboxylic acids is 1. The van der Waals surface area contributed by atoms with Gasteiger partial charge in [0.15, 0.2) is 0 Å². The van der Waals surface area contributed by atoms with Crippen LogP contribution in [0.3, 0.4) is 0 Å². The Bertz CT molecular complexity index is 905. The molecule has 12 nitrogen and oxygen atoms in total. The van der Waals surface area contributed by atoms with E-state index in [0.717, 1.165) is 4.90 Å². The number of aliphatic carboxylic acids is 1. The van der Waals surface area contributed by atoms with Gasteiger partial charge in [-0.2, -0.15) is 8.42 Å². The predicted octanol–water partition coefficient (Wildman–Crippen LogP) is -1.21. The molecular weight excluding hydrogens is 440 g/mol. The first-order chi connectivity index (χ1) is 13.8. The summed E-state index contributed by atoms with van der Waals surface area (Å²) in [4.78, 5) is 38.6. The number of nitrogens with two attached hydrogens (primary N) is 1. The number of aliphatic hydroxyl groups is 1. The summed E-state index contributed by atoms with van der Waals surface area (Å²) in [6, 6.07) is -1.12. The summed E-state index contributed by atoms with van der Waals surface area (Å²) in [5.41, 5.74) is -0.132. The summed E-state index contributed by atoms with van der Waals surface area (Å²) in [7, 11) is -3.99. The van der Waals surface area contributed by atoms with Crippen LogP contribution in [-0.4, -0.2) is 88.0 Å². The van der Waals surface area contributed by atoms with E-state index < -0.39 is 52.3 Å². The molecule has 0 saturated carbocycles. The lowest BCUT2D eigenvalue weighted by molar-refractivity contribution is -0.163. The van der Waals surface area contributed by atoms with E-state index in [4.69, 9.17) is 5.14 Å². The van der Waals surface area contributed by atoms with Crippen molar-refractivity contribution in [3.63, 3.8) is 0 Å². The highest BCUT2D eigenvalue weighted by Gasteiger charge is 2.60. The maximum atomic E-state index is 12.4. The Morgan fingerprint density at radius 3 is 2.50 bits per heavy atom. The van der Waals surface area contributed by atoms with Crippen molar-refractivity contribution in [2.45, 2.75) is 43.7 Å². The first-order valence-corrected chi connectivity index (χ1v) is 11.7. The van der Waals surface area contributed by atoms with Gasteiger partial charge in [0, 0.05) is 35.2 Å². The number of fused-ring (bicyclic) bond motifs is 1. The average molecular weight is 465 g/mol. The van der Waals surface area contributed by atoms with Crippen molar-refractivity contribution in [2.75, 3.05) is 13.1 Å². The molecule has 0 aromatic heterocycles. The molecule has 2 amide bonds. The minimum atomic E-state index is -3.99. The number of nitrogens with one attached hydrogen (secondary N) is 1. The van der Waals surface area contributed by atoms with Gasteiger partial charge in [0.05, 0.1) is 18.1 Å². The largest absolute Gasteiger partial charge is 0.477 e. The van der Waals surface area contributed by atoms with Gasteiger partial charge in [0.2, 0.25) is 5.91 Å². The first kappa shape index (κ1) is 22.8. The van der Waals surface area contributed by atoms with Crippen LogP contribution in [0.2, 0.25) is 0 Å². The average Bonchev–Trinajstić information content (AvgIpc) is 3.11. The number of likely N-dealkylation sites (tertiary alicyclic amines) is 1. The number of nitrogens with zero attached hydrogens (tertiary/aromatic N) is 2. The van der Waals surface area contributed by atoms with E-state index in [-0.39, 0.29) is 36.4 Å². The third-order valence-electron chi connectivity index (χ3n) is 5.75. The van der Waals surface area contributed by atoms with Gasteiger partial charge >= 0.3 is 12.1 Å². The second-order valence-corrected chi connectivity index (χ2v) is 10.5. The zero-order valence-electron chi connectivity index (χ0n) is 16.3. The van der Waals surface area contributed by atoms with E-state index >= 15 is 0 Å². The fourth-order valence-corrected chi connectivity index (χ4v) is 6.45. The summed E-state index contributed by atoms with van der Waals surface area (Å²) in [5.74, 6) is -2.72. The Morgan fingerprint density at radius 1 is 1.37 bits per heavy atom. The molecule has 0 aliphatic carbocycles. The molecule has 0 aromatic carbocycles. The number of carbonyl (C=O) groups is 3. The van der Waals surface area contributed by atoms with Crippen molar-refractivity contribution >= 4 is 39.9 Å². The molecule has 30 heavy (non-hydrogen) atoms. The van der Waals surface area contributed by atoms with E-state index in [2.05, 4.69) is 4.72 Å². The van der Waals surface area contributed by atoms with Crippen LogP contribution in [0.25, 0.3) is 0 Å². The molecule has 3 rings (SSSR count). The second kappa shape index (κ2) is 8.00. The van der Waals surface area contributed by atoms with Gasteiger partial charge in [-0.3, -0.25) is 4.79 Å². The number of carboxylic acid groups (broad SMARTS) is 2. The van der Waals surface area contributed by atoms with Crippen LogP contribution in [0.5, 0.6) is 0 Å². The Kier molecular flexibility index (Phi) is 6.08. The summed E-state index contributed by atoms with van der Waals surface area (Å²) in [6.45, 7) is 3.14. The number of aliphatic hydroxyl groups excluding tert-OH is 1. The molecule has 2 saturated heterocycles. The Hall–Kier alpha value is -1.87. The summed E-state index contributed by atoms with van der Waals surface area (Å²) in [5, 5.41) is 33.6. The SMILES string of the molecule is CC(O)[C@H]1C(=O)N2C(C(=O)O)=C(SC3C[C@@H](CNS(N)(=O)=O)N(C(=O)O)C3)[C@H](C)C12. The monoisotopic (exact) mass is 464 g/mol. The van der Waals surface area contributed by atoms with E-state index in [1.807, 2.05) is 0 Å². The normalized spacial score (nSPS) is 32.3. The van der Waals surface area contributed by atoms with Crippen molar-refractivity contribution in [3.05, 3.63) is 10.6 Å². The van der Waals surface area contributed by atoms with Crippen molar-refractivity contribution in [2.24, 2.45) is 17.0 Å². The van der Waals surface area contributed by atoms with Crippen molar-refractivity contribution < 1.29 is 38.1 Å². The van der Waals surface area contributed by atoms with Crippen LogP contribution in [0.15, 0.2) is 10.6 Å². The van der Waals surface area contributed by atoms with Gasteiger partial charge in [0.25, 0.3) is 10.2 Å². The molecule has 0 bridgehead atoms. The van der Waals surface area contributed by atoms with Crippen LogP contribution in [0, 0.1) is 11.8 Å². The molecule has 6 N–H and O–H groups in total. The molecule has 3 aliphatic rings. The highest BCUT2D eigenvalue weighted by atomic mass is 32.2. The number of amides is 2. The summed E-state index contributed by atoms with van der Waals surface area (Å²) >= 11 is 1.19. The van der Waals surface area contributed by atoms with Gasteiger partial charge in [-0.25, -0.2) is 19.5 Å². The Morgan fingerprint density at radius 2 is 2.00 bits per heavy atom. The van der Waals surface area contributed by atoms with Gasteiger partial charge in [0.1, 0.15) is 5.70 Å². The van der Waals surface area contributed by atoms with Crippen molar-refractivity contribution in [1.29, 1.82) is 0 Å². The maximum absolute atomic E-state index is 12.4. The van der Waals surface area contributed by atoms with Crippen LogP contribution < -0.4 is 9.86 Å². The van der Waals surface area contributed by atoms with Gasteiger partial charge in [-0.15, -0.1) is 11.8 Å². The van der Waals surface area contributed by atoms with E-state index in [9.17, 15) is 38.1 Å². The molecule has 0 aromatic rings. The van der Waals surface area contributed by atoms with Crippen LogP contribution >= 0.6 is 11.8 Å². The van der Waals surface area contributed by atoms with Gasteiger partial charge in [-0.1, -0.05) is 6.92 Å². The second-order valence-electron chi connectivity index (χ2n) is 7.73. The zero-order valence-corrected chi connectivity index (χ0v) is 17.9. The molecule has 3 unspecified atom stereocenters. The molecule has 168 valence electrons. The number of β-lactam (4-membered cyclic amide) rings is 1. The summed E-state index contributed by atoms with van der Waals surface area (Å²) < 4.78 is 24.4. The smallest absolute Gasteiger partial charge is 0.407 e. The van der Waals surface area contributed by atoms with Crippen LogP contribution in [-0.2, 0) is 19.8 Å². The molecule has 0 radical (unpaired) electrons. The Balaban J connectivity index is 1.80. The highest BCUT2D eigenvalue weighted by Crippen LogP contribution is 2.52. The minimum absolute atomic E-state index is 0.0680. The van der Waals surface area contributed by atoms with Crippen molar-refractivity contribution in [3.8, 4) is 0 Å². The molecular formula is C16H24N4O8S2. The quantitative estimate of drug-likeness (QED) is 0.288. The lowest BCUT2D eigenvalue weighted by atomic mass is 9.79. The third-order valence-corrected chi connectivity index (χ3v) is 7.81. The number of thioether (sulfide) groups is 1. The minimum Gasteiger partial charge on any atom is -0.477 e. The lowest BCUT2D eigenvalue weighted by Crippen LogP contribution is -2.63. The summed E-state index contributed by atoms with van der Waals surface area (Å²) in [6.07, 6.45) is -1.86. The van der Waals surface area contributed by atoms with E-state index in [1.54, 1.807) is 6.92 Å². The van der Waals surface area contributed by atoms with Crippen LogP contribution in [0.1, 0.15) is 20.3 Å². The topological polar surface area (TPSA) is 191 Å². The fourth-order valence-electron chi connectivity index (χ4n) is 4.46. The van der Waals surface area contributed by atoms with Crippen LogP contribution in [0.4, 0.5) is 4.79 Å². The fraction of sp³-hybridized carbons (Fsp3) is 0.688. The van der Waals surface area contributed by atoms with Gasteiger partial charge in [-0.05, 0) is 13.3 Å². The molecule has 14 heteroatoms. The first-order valence-electron chi connectivity index (χ1n) is 9.25. The Labute approximate surface area is 177 Å². The van der Waals surface area contributed by atoms with E-state index in [1.165, 1.54) is 23.6 Å². The van der Waals surface area contributed by atoms with E-state index in [0.29, 0.717) is 4.91 Å². The number of hydrogen-bond donors (Lipinski definition) is 5. The number of rotatable bonds is 7.